The molecule has 4 aromatic rings. The van der Waals surface area contributed by atoms with Gasteiger partial charge in [-0.25, -0.2) is 4.79 Å². The summed E-state index contributed by atoms with van der Waals surface area (Å²) in [7, 11) is 0. The predicted molar refractivity (Wildman–Crippen MR) is 101 cm³/mol. The van der Waals surface area contributed by atoms with Gasteiger partial charge in [0.15, 0.2) is 5.69 Å². The first-order chi connectivity index (χ1) is 12.8. The summed E-state index contributed by atoms with van der Waals surface area (Å²) < 4.78 is 5.03. The average molecular weight is 343 g/mol. The van der Waals surface area contributed by atoms with Gasteiger partial charge in [0, 0.05) is 5.56 Å². The van der Waals surface area contributed by atoms with Gasteiger partial charge in [-0.2, -0.15) is 10.3 Å². The number of fused-ring (bicyclic) bond motifs is 1. The Bertz CT molecular complexity index is 1060. The van der Waals surface area contributed by atoms with Gasteiger partial charge in [-0.1, -0.05) is 66.7 Å². The Morgan fingerprint density at radius 2 is 1.65 bits per heavy atom. The number of hydrogen-bond donors (Lipinski definition) is 1. The van der Waals surface area contributed by atoms with E-state index in [9.17, 15) is 4.79 Å². The van der Waals surface area contributed by atoms with E-state index in [4.69, 9.17) is 4.74 Å². The van der Waals surface area contributed by atoms with Crippen molar-refractivity contribution in [1.29, 1.82) is 0 Å². The summed E-state index contributed by atoms with van der Waals surface area (Å²) >= 11 is 0. The fourth-order valence-electron chi connectivity index (χ4n) is 3.06. The molecule has 4 rings (SSSR count). The monoisotopic (exact) mass is 343 g/mol. The van der Waals surface area contributed by atoms with Gasteiger partial charge >= 0.3 is 5.97 Å². The highest BCUT2D eigenvalue weighted by Gasteiger charge is 2.19. The molecule has 0 radical (unpaired) electrons. The molecule has 0 aliphatic rings. The maximum atomic E-state index is 12.0. The van der Waals surface area contributed by atoms with Gasteiger partial charge in [-0.3, -0.25) is 0 Å². The van der Waals surface area contributed by atoms with Gasteiger partial charge < -0.3 is 4.74 Å². The minimum atomic E-state index is -0.477. The van der Waals surface area contributed by atoms with Gasteiger partial charge in [-0.15, -0.1) is 5.10 Å². The van der Waals surface area contributed by atoms with E-state index in [-0.39, 0.29) is 5.69 Å². The van der Waals surface area contributed by atoms with Crippen LogP contribution in [0.2, 0.25) is 0 Å². The second kappa shape index (κ2) is 6.80. The van der Waals surface area contributed by atoms with Crippen LogP contribution in [0.4, 0.5) is 0 Å². The first-order valence-electron chi connectivity index (χ1n) is 8.44. The largest absolute Gasteiger partial charge is 0.461 e. The smallest absolute Gasteiger partial charge is 0.361 e. The summed E-state index contributed by atoms with van der Waals surface area (Å²) in [6, 6.07) is 22.5. The SMILES string of the molecule is CCOC(=O)c1n[nH]nc1-c1ccc(-c2cccc3ccccc23)cc1. The molecule has 5 nitrogen and oxygen atoms in total. The minimum absolute atomic E-state index is 0.199. The first-order valence-corrected chi connectivity index (χ1v) is 8.44. The Balaban J connectivity index is 1.72. The molecule has 1 aromatic heterocycles. The lowest BCUT2D eigenvalue weighted by Gasteiger charge is -2.08. The molecule has 5 heteroatoms. The number of carbonyl (C=O) groups is 1. The molecule has 0 atom stereocenters. The van der Waals surface area contributed by atoms with E-state index in [1.165, 1.54) is 16.3 Å². The van der Waals surface area contributed by atoms with Crippen molar-refractivity contribution in [3.63, 3.8) is 0 Å². The van der Waals surface area contributed by atoms with Crippen LogP contribution >= 0.6 is 0 Å². The first kappa shape index (κ1) is 16.0. The molecule has 0 aliphatic heterocycles. The summed E-state index contributed by atoms with van der Waals surface area (Å²) in [5.41, 5.74) is 3.77. The Kier molecular flexibility index (Phi) is 4.19. The van der Waals surface area contributed by atoms with Crippen LogP contribution in [0.25, 0.3) is 33.2 Å². The number of esters is 1. The molecule has 0 saturated heterocycles. The van der Waals surface area contributed by atoms with Gasteiger partial charge in [0.05, 0.1) is 6.61 Å². The van der Waals surface area contributed by atoms with Gasteiger partial charge in [-0.05, 0) is 28.8 Å². The third-order valence-electron chi connectivity index (χ3n) is 4.28. The van der Waals surface area contributed by atoms with E-state index in [2.05, 4.69) is 45.7 Å². The van der Waals surface area contributed by atoms with Crippen molar-refractivity contribution in [1.82, 2.24) is 15.4 Å². The highest BCUT2D eigenvalue weighted by molar-refractivity contribution is 5.97. The standard InChI is InChI=1S/C21H17N3O2/c1-2-26-21(25)20-19(22-24-23-20)16-12-10-15(11-13-16)18-9-5-7-14-6-3-4-8-17(14)18/h3-13H,2H2,1H3,(H,22,23,24). The van der Waals surface area contributed by atoms with Crippen LogP contribution in [0, 0.1) is 0 Å². The molecule has 1 N–H and O–H groups in total. The Morgan fingerprint density at radius 1 is 0.923 bits per heavy atom. The Morgan fingerprint density at radius 3 is 2.46 bits per heavy atom. The van der Waals surface area contributed by atoms with Gasteiger partial charge in [0.1, 0.15) is 5.69 Å². The molecule has 0 saturated carbocycles. The highest BCUT2D eigenvalue weighted by atomic mass is 16.5. The lowest BCUT2D eigenvalue weighted by molar-refractivity contribution is 0.0520. The maximum Gasteiger partial charge on any atom is 0.361 e. The van der Waals surface area contributed by atoms with Crippen LogP contribution in [0.1, 0.15) is 17.4 Å². The quantitative estimate of drug-likeness (QED) is 0.555. The zero-order valence-electron chi connectivity index (χ0n) is 14.3. The van der Waals surface area contributed by atoms with Crippen molar-refractivity contribution in [2.24, 2.45) is 0 Å². The molecule has 0 aliphatic carbocycles. The summed E-state index contributed by atoms with van der Waals surface area (Å²) in [6.07, 6.45) is 0. The molecular formula is C21H17N3O2. The fraction of sp³-hybridized carbons (Fsp3) is 0.0952. The summed E-state index contributed by atoms with van der Waals surface area (Å²) in [5, 5.41) is 12.9. The average Bonchev–Trinajstić information content (AvgIpc) is 3.18. The van der Waals surface area contributed by atoms with Crippen molar-refractivity contribution >= 4 is 16.7 Å². The number of nitrogens with zero attached hydrogens (tertiary/aromatic N) is 2. The van der Waals surface area contributed by atoms with Crippen LogP contribution in [0.3, 0.4) is 0 Å². The molecule has 128 valence electrons. The third kappa shape index (κ3) is 2.84. The van der Waals surface area contributed by atoms with Crippen LogP contribution in [0.15, 0.2) is 66.7 Å². The van der Waals surface area contributed by atoms with Crippen LogP contribution < -0.4 is 0 Å². The van der Waals surface area contributed by atoms with Crippen molar-refractivity contribution < 1.29 is 9.53 Å². The fourth-order valence-corrected chi connectivity index (χ4v) is 3.06. The maximum absolute atomic E-state index is 12.0. The molecule has 0 amide bonds. The molecule has 26 heavy (non-hydrogen) atoms. The number of aromatic nitrogens is 3. The summed E-state index contributed by atoms with van der Waals surface area (Å²) in [5.74, 6) is -0.477. The van der Waals surface area contributed by atoms with E-state index in [1.54, 1.807) is 6.92 Å². The lowest BCUT2D eigenvalue weighted by atomic mass is 9.97. The molecule has 0 fully saturated rings. The number of hydrogen-bond acceptors (Lipinski definition) is 4. The number of nitrogens with one attached hydrogen (secondary N) is 1. The number of aromatic amines is 1. The molecular weight excluding hydrogens is 326 g/mol. The molecule has 1 heterocycles. The van der Waals surface area contributed by atoms with E-state index >= 15 is 0 Å². The van der Waals surface area contributed by atoms with Crippen LogP contribution in [0.5, 0.6) is 0 Å². The number of benzene rings is 3. The normalized spacial score (nSPS) is 10.8. The van der Waals surface area contributed by atoms with Crippen molar-refractivity contribution in [3.05, 3.63) is 72.4 Å². The van der Waals surface area contributed by atoms with Crippen molar-refractivity contribution in [2.75, 3.05) is 6.61 Å². The summed E-state index contributed by atoms with van der Waals surface area (Å²) in [6.45, 7) is 2.06. The molecule has 0 unspecified atom stereocenters. The number of H-pyrrole nitrogens is 1. The molecule has 0 bridgehead atoms. The highest BCUT2D eigenvalue weighted by Crippen LogP contribution is 2.30. The van der Waals surface area contributed by atoms with E-state index in [0.29, 0.717) is 12.3 Å². The minimum Gasteiger partial charge on any atom is -0.461 e. The Labute approximate surface area is 150 Å². The third-order valence-corrected chi connectivity index (χ3v) is 4.28. The number of rotatable bonds is 4. The Hall–Kier alpha value is -3.47. The number of carbonyl (C=O) groups excluding carboxylic acids is 1. The van der Waals surface area contributed by atoms with Crippen LogP contribution in [-0.4, -0.2) is 28.0 Å². The molecule has 0 spiro atoms. The summed E-state index contributed by atoms with van der Waals surface area (Å²) in [4.78, 5) is 12.0. The van der Waals surface area contributed by atoms with Crippen molar-refractivity contribution in [2.45, 2.75) is 6.92 Å². The topological polar surface area (TPSA) is 67.9 Å². The number of ether oxygens (including phenoxy) is 1. The lowest BCUT2D eigenvalue weighted by Crippen LogP contribution is -2.06. The van der Waals surface area contributed by atoms with E-state index in [0.717, 1.165) is 11.1 Å². The van der Waals surface area contributed by atoms with Gasteiger partial charge in [0.25, 0.3) is 0 Å². The second-order valence-corrected chi connectivity index (χ2v) is 5.85. The van der Waals surface area contributed by atoms with E-state index in [1.807, 2.05) is 36.4 Å². The van der Waals surface area contributed by atoms with Crippen LogP contribution in [-0.2, 0) is 4.74 Å². The molecule has 3 aromatic carbocycles. The van der Waals surface area contributed by atoms with E-state index < -0.39 is 5.97 Å². The second-order valence-electron chi connectivity index (χ2n) is 5.85. The van der Waals surface area contributed by atoms with Crippen molar-refractivity contribution in [3.8, 4) is 22.4 Å². The zero-order valence-corrected chi connectivity index (χ0v) is 14.3. The van der Waals surface area contributed by atoms with Gasteiger partial charge in [0.2, 0.25) is 0 Å². The zero-order chi connectivity index (χ0) is 17.9. The predicted octanol–water partition coefficient (Wildman–Crippen LogP) is 4.47.